The van der Waals surface area contributed by atoms with Crippen LogP contribution in [-0.4, -0.2) is 43.0 Å². The van der Waals surface area contributed by atoms with Crippen LogP contribution in [0.2, 0.25) is 5.02 Å². The number of benzene rings is 1. The van der Waals surface area contributed by atoms with E-state index in [-0.39, 0.29) is 29.4 Å². The Balaban J connectivity index is 2.16. The predicted octanol–water partition coefficient (Wildman–Crippen LogP) is 3.86. The van der Waals surface area contributed by atoms with Gasteiger partial charge in [0.25, 0.3) is 0 Å². The maximum atomic E-state index is 13.1. The topological polar surface area (TPSA) is 49.9 Å². The van der Waals surface area contributed by atoms with E-state index in [0.29, 0.717) is 25.2 Å². The minimum absolute atomic E-state index is 0.189. The fraction of sp³-hybridized carbons (Fsp3) is 0.444. The van der Waals surface area contributed by atoms with E-state index < -0.39 is 11.7 Å². The van der Waals surface area contributed by atoms with Crippen LogP contribution in [0.1, 0.15) is 25.3 Å². The van der Waals surface area contributed by atoms with Gasteiger partial charge in [-0.1, -0.05) is 11.6 Å². The number of methoxy groups -OCH3 is 1. The highest BCUT2D eigenvalue weighted by Crippen LogP contribution is 2.37. The molecule has 1 aromatic rings. The molecule has 9 heteroatoms. The van der Waals surface area contributed by atoms with Crippen LogP contribution in [-0.2, 0) is 20.5 Å². The van der Waals surface area contributed by atoms with Gasteiger partial charge in [-0.3, -0.25) is 9.59 Å². The molecule has 0 N–H and O–H groups in total. The van der Waals surface area contributed by atoms with Gasteiger partial charge in [0.05, 0.1) is 17.7 Å². The molecule has 1 aliphatic rings. The molecule has 0 bridgehead atoms. The minimum atomic E-state index is -4.57. The highest BCUT2D eigenvalue weighted by atomic mass is 35.5. The maximum Gasteiger partial charge on any atom is 0.417 e. The Kier molecular flexibility index (Phi) is 6.75. The Morgan fingerprint density at radius 3 is 2.70 bits per heavy atom. The largest absolute Gasteiger partial charge is 0.469 e. The molecule has 0 radical (unpaired) electrons. The number of nitrogens with zero attached hydrogens (tertiary/aromatic N) is 2. The molecule has 0 fully saturated rings. The zero-order valence-corrected chi connectivity index (χ0v) is 15.7. The maximum absolute atomic E-state index is 13.1. The van der Waals surface area contributed by atoms with Gasteiger partial charge in [0.1, 0.15) is 0 Å². The Bertz CT molecular complexity index is 737. The summed E-state index contributed by atoms with van der Waals surface area (Å²) in [5, 5.41) is -0.377. The summed E-state index contributed by atoms with van der Waals surface area (Å²) in [7, 11) is 1.30. The molecular formula is C18H20ClF3N2O3. The zero-order valence-electron chi connectivity index (χ0n) is 14.9. The molecule has 1 aliphatic heterocycles. The van der Waals surface area contributed by atoms with Crippen molar-refractivity contribution in [3.8, 4) is 0 Å². The van der Waals surface area contributed by atoms with E-state index in [9.17, 15) is 22.8 Å². The summed E-state index contributed by atoms with van der Waals surface area (Å²) >= 11 is 5.67. The number of alkyl halides is 3. The second-order valence-electron chi connectivity index (χ2n) is 6.20. The van der Waals surface area contributed by atoms with E-state index in [1.165, 1.54) is 31.5 Å². The van der Waals surface area contributed by atoms with E-state index in [0.717, 1.165) is 6.07 Å². The number of carbonyl (C=O) groups is 2. The van der Waals surface area contributed by atoms with Gasteiger partial charge < -0.3 is 14.5 Å². The Morgan fingerprint density at radius 1 is 1.37 bits per heavy atom. The van der Waals surface area contributed by atoms with Gasteiger partial charge in [0, 0.05) is 43.5 Å². The molecule has 2 rings (SSSR count). The van der Waals surface area contributed by atoms with Crippen molar-refractivity contribution >= 4 is 29.2 Å². The second-order valence-corrected chi connectivity index (χ2v) is 6.61. The van der Waals surface area contributed by atoms with Crippen molar-refractivity contribution in [3.05, 3.63) is 41.1 Å². The third-order valence-corrected chi connectivity index (χ3v) is 4.57. The van der Waals surface area contributed by atoms with Crippen LogP contribution < -0.4 is 4.90 Å². The quantitative estimate of drug-likeness (QED) is 0.699. The molecule has 1 aromatic carbocycles. The number of rotatable bonds is 5. The van der Waals surface area contributed by atoms with Crippen molar-refractivity contribution in [1.82, 2.24) is 4.90 Å². The van der Waals surface area contributed by atoms with E-state index in [1.54, 1.807) is 16.7 Å². The normalized spacial score (nSPS) is 17.9. The number of anilines is 1. The van der Waals surface area contributed by atoms with Crippen LogP contribution in [0.25, 0.3) is 0 Å². The van der Waals surface area contributed by atoms with E-state index in [1.807, 2.05) is 0 Å². The Morgan fingerprint density at radius 2 is 2.07 bits per heavy atom. The molecule has 27 heavy (non-hydrogen) atoms. The van der Waals surface area contributed by atoms with Crippen molar-refractivity contribution < 1.29 is 27.5 Å². The van der Waals surface area contributed by atoms with E-state index >= 15 is 0 Å². The molecule has 0 spiro atoms. The van der Waals surface area contributed by atoms with Crippen molar-refractivity contribution in [2.24, 2.45) is 0 Å². The summed E-state index contributed by atoms with van der Waals surface area (Å²) in [5.74, 6) is -0.623. The van der Waals surface area contributed by atoms with Crippen molar-refractivity contribution in [2.75, 3.05) is 25.1 Å². The first-order valence-electron chi connectivity index (χ1n) is 8.32. The summed E-state index contributed by atoms with van der Waals surface area (Å²) in [6, 6.07) is 3.38. The van der Waals surface area contributed by atoms with Gasteiger partial charge in [-0.2, -0.15) is 13.2 Å². The van der Waals surface area contributed by atoms with Crippen LogP contribution in [0.5, 0.6) is 0 Å². The summed E-state index contributed by atoms with van der Waals surface area (Å²) in [6.45, 7) is 2.46. The van der Waals surface area contributed by atoms with Crippen molar-refractivity contribution in [3.63, 3.8) is 0 Å². The summed E-state index contributed by atoms with van der Waals surface area (Å²) in [6.07, 6.45) is -1.16. The smallest absolute Gasteiger partial charge is 0.417 e. The first-order chi connectivity index (χ1) is 12.6. The summed E-state index contributed by atoms with van der Waals surface area (Å²) in [4.78, 5) is 26.6. The van der Waals surface area contributed by atoms with Crippen LogP contribution >= 0.6 is 11.6 Å². The van der Waals surface area contributed by atoms with E-state index in [2.05, 4.69) is 4.74 Å². The average molecular weight is 405 g/mol. The fourth-order valence-electron chi connectivity index (χ4n) is 2.84. The van der Waals surface area contributed by atoms with Crippen LogP contribution in [0.4, 0.5) is 18.9 Å². The molecule has 1 amide bonds. The lowest BCUT2D eigenvalue weighted by Gasteiger charge is -2.30. The Labute approximate surface area is 160 Å². The highest BCUT2D eigenvalue weighted by Gasteiger charge is 2.34. The molecule has 0 saturated carbocycles. The lowest BCUT2D eigenvalue weighted by molar-refractivity contribution is -0.141. The molecule has 5 nitrogen and oxygen atoms in total. The molecule has 1 atom stereocenters. The van der Waals surface area contributed by atoms with Gasteiger partial charge in [-0.25, -0.2) is 0 Å². The number of carbonyl (C=O) groups excluding carboxylic acids is 2. The lowest BCUT2D eigenvalue weighted by Crippen LogP contribution is -2.40. The highest BCUT2D eigenvalue weighted by molar-refractivity contribution is 6.31. The van der Waals surface area contributed by atoms with Crippen LogP contribution in [0.3, 0.4) is 0 Å². The predicted molar refractivity (Wildman–Crippen MR) is 95.4 cm³/mol. The van der Waals surface area contributed by atoms with Crippen LogP contribution in [0, 0.1) is 0 Å². The third kappa shape index (κ3) is 5.38. The molecule has 0 aliphatic carbocycles. The molecular weight excluding hydrogens is 385 g/mol. The van der Waals surface area contributed by atoms with Gasteiger partial charge >= 0.3 is 12.1 Å². The van der Waals surface area contributed by atoms with Crippen molar-refractivity contribution in [1.29, 1.82) is 0 Å². The number of halogens is 4. The number of ether oxygens (including phenoxy) is 1. The molecule has 0 saturated heterocycles. The zero-order chi connectivity index (χ0) is 20.2. The van der Waals surface area contributed by atoms with Gasteiger partial charge in [-0.05, 0) is 31.5 Å². The first kappa shape index (κ1) is 21.1. The van der Waals surface area contributed by atoms with Gasteiger partial charge in [0.15, 0.2) is 0 Å². The van der Waals surface area contributed by atoms with E-state index in [4.69, 9.17) is 11.6 Å². The third-order valence-electron chi connectivity index (χ3n) is 4.24. The number of hydrogen-bond acceptors (Lipinski definition) is 4. The average Bonchev–Trinajstić information content (AvgIpc) is 2.73. The summed E-state index contributed by atoms with van der Waals surface area (Å²) < 4.78 is 43.9. The molecule has 148 valence electrons. The fourth-order valence-corrected chi connectivity index (χ4v) is 3.07. The number of esters is 1. The SMILES string of the molecule is COC(=O)CCCN1CC(C)N(c2ccc(Cl)c(C(F)(F)F)c2)C=CC1=O. The summed E-state index contributed by atoms with van der Waals surface area (Å²) in [5.41, 5.74) is -0.632. The van der Waals surface area contributed by atoms with Crippen molar-refractivity contribution in [2.45, 2.75) is 32.0 Å². The minimum Gasteiger partial charge on any atom is -0.469 e. The Hall–Kier alpha value is -2.22. The monoisotopic (exact) mass is 404 g/mol. The number of amides is 1. The molecule has 1 unspecified atom stereocenters. The lowest BCUT2D eigenvalue weighted by atomic mass is 10.1. The van der Waals surface area contributed by atoms with Crippen LogP contribution in [0.15, 0.2) is 30.5 Å². The van der Waals surface area contributed by atoms with Gasteiger partial charge in [0.2, 0.25) is 5.91 Å². The molecule has 0 aromatic heterocycles. The second kappa shape index (κ2) is 8.65. The van der Waals surface area contributed by atoms with Gasteiger partial charge in [-0.15, -0.1) is 0 Å². The number of hydrogen-bond donors (Lipinski definition) is 0. The standard InChI is InChI=1S/C18H20ClF3N2O3/c1-12-11-23(8-3-4-17(26)27-2)16(25)7-9-24(12)13-5-6-15(19)14(10-13)18(20,21)22/h5-7,9-10,12H,3-4,8,11H2,1-2H3. The molecule has 1 heterocycles. The first-order valence-corrected chi connectivity index (χ1v) is 8.70.